The van der Waals surface area contributed by atoms with Gasteiger partial charge in [-0.25, -0.2) is 0 Å². The number of carbonyl (C=O) groups is 1. The highest BCUT2D eigenvalue weighted by atomic mass is 16.5. The van der Waals surface area contributed by atoms with Crippen molar-refractivity contribution in [3.63, 3.8) is 0 Å². The molecule has 0 bridgehead atoms. The number of methoxy groups -OCH3 is 1. The smallest absolute Gasteiger partial charge is 0.137 e. The molecule has 156 valence electrons. The van der Waals surface area contributed by atoms with Gasteiger partial charge in [0.1, 0.15) is 5.78 Å². The molecule has 0 aliphatic heterocycles. The Kier molecular flexibility index (Phi) is 5.35. The first-order valence-electron chi connectivity index (χ1n) is 11.1. The Morgan fingerprint density at radius 3 is 2.68 bits per heavy atom. The maximum absolute atomic E-state index is 13.5. The molecule has 0 amide bonds. The number of carbonyl (C=O) groups excluding carboxylic acids is 1. The number of Topliss-reactive ketones (excluding diaryl/α,β-unsaturated/α-hetero) is 1. The minimum atomic E-state index is -0.454. The molecule has 3 unspecified atom stereocenters. The molecule has 4 rings (SSSR count). The molecule has 28 heavy (non-hydrogen) atoms. The van der Waals surface area contributed by atoms with E-state index in [-0.39, 0.29) is 28.8 Å². The summed E-state index contributed by atoms with van der Waals surface area (Å²) in [6.45, 7) is 5.47. The quantitative estimate of drug-likeness (QED) is 0.746. The Labute approximate surface area is 168 Å². The molecule has 0 aromatic rings. The van der Waals surface area contributed by atoms with Gasteiger partial charge in [0.25, 0.3) is 0 Å². The molecule has 4 aliphatic rings. The summed E-state index contributed by atoms with van der Waals surface area (Å²) >= 11 is 0. The van der Waals surface area contributed by atoms with Gasteiger partial charge < -0.3 is 14.6 Å². The van der Waals surface area contributed by atoms with E-state index in [1.165, 1.54) is 0 Å². The van der Waals surface area contributed by atoms with Gasteiger partial charge in [-0.15, -0.1) is 0 Å². The Bertz CT molecular complexity index is 659. The molecule has 0 saturated heterocycles. The number of nitriles is 1. The van der Waals surface area contributed by atoms with Gasteiger partial charge in [0.15, 0.2) is 0 Å². The minimum absolute atomic E-state index is 0.0197. The normalized spacial score (nSPS) is 50.4. The summed E-state index contributed by atoms with van der Waals surface area (Å²) in [5.41, 5.74) is -0.248. The lowest BCUT2D eigenvalue weighted by Crippen LogP contribution is -2.60. The SMILES string of the molecule is COCCO[C@H]1C[C@@]2(C)C(CC[C@@H]3C2C(=O)C[C@@]2(C)C3CC[C@@H]2C#N)C[C@@H]1O. The van der Waals surface area contributed by atoms with E-state index in [9.17, 15) is 15.2 Å². The lowest BCUT2D eigenvalue weighted by Gasteiger charge is -2.60. The van der Waals surface area contributed by atoms with E-state index in [2.05, 4.69) is 19.9 Å². The summed E-state index contributed by atoms with van der Waals surface area (Å²) in [5, 5.41) is 20.3. The summed E-state index contributed by atoms with van der Waals surface area (Å²) in [6, 6.07) is 2.51. The van der Waals surface area contributed by atoms with Crippen LogP contribution in [-0.2, 0) is 14.3 Å². The number of rotatable bonds is 4. The maximum atomic E-state index is 13.5. The number of aliphatic hydroxyl groups excluding tert-OH is 1. The average molecular weight is 390 g/mol. The van der Waals surface area contributed by atoms with E-state index in [1.54, 1.807) is 7.11 Å². The molecule has 1 N–H and O–H groups in total. The summed E-state index contributed by atoms with van der Waals surface area (Å²) in [4.78, 5) is 13.5. The molecule has 0 spiro atoms. The standard InChI is InChI=1S/C23H35NO4/c1-22-11-19(26)21-16(17(22)7-5-15(22)13-24)6-4-14-10-18(25)20(12-23(14,21)2)28-9-8-27-3/h14-18,20-21,25H,4-12H2,1-3H3/t14?,15-,16+,17?,18+,20+,21?,22-,23+/m1/s1. The van der Waals surface area contributed by atoms with Gasteiger partial charge in [-0.3, -0.25) is 4.79 Å². The van der Waals surface area contributed by atoms with Crippen molar-refractivity contribution in [1.29, 1.82) is 5.26 Å². The molecule has 4 saturated carbocycles. The van der Waals surface area contributed by atoms with Gasteiger partial charge in [-0.2, -0.15) is 5.26 Å². The van der Waals surface area contributed by atoms with Crippen molar-refractivity contribution in [2.45, 2.75) is 71.0 Å². The fourth-order valence-corrected chi connectivity index (χ4v) is 7.74. The van der Waals surface area contributed by atoms with E-state index in [0.29, 0.717) is 43.2 Å². The predicted octanol–water partition coefficient (Wildman–Crippen LogP) is 3.35. The number of ketones is 1. The Morgan fingerprint density at radius 2 is 1.96 bits per heavy atom. The monoisotopic (exact) mass is 389 g/mol. The molecule has 5 heteroatoms. The summed E-state index contributed by atoms with van der Waals surface area (Å²) in [7, 11) is 1.65. The van der Waals surface area contributed by atoms with Crippen molar-refractivity contribution >= 4 is 5.78 Å². The van der Waals surface area contributed by atoms with Crippen LogP contribution in [0.3, 0.4) is 0 Å². The second kappa shape index (κ2) is 7.38. The zero-order valence-electron chi connectivity index (χ0n) is 17.5. The second-order valence-electron chi connectivity index (χ2n) is 10.3. The van der Waals surface area contributed by atoms with Crippen LogP contribution in [-0.4, -0.2) is 43.4 Å². The fourth-order valence-electron chi connectivity index (χ4n) is 7.74. The highest BCUT2D eigenvalue weighted by Gasteiger charge is 2.64. The zero-order chi connectivity index (χ0) is 20.1. The molecule has 4 aliphatic carbocycles. The number of hydrogen-bond acceptors (Lipinski definition) is 5. The lowest BCUT2D eigenvalue weighted by atomic mass is 9.44. The maximum Gasteiger partial charge on any atom is 0.137 e. The van der Waals surface area contributed by atoms with Crippen LogP contribution in [0.4, 0.5) is 0 Å². The van der Waals surface area contributed by atoms with Gasteiger partial charge in [0.05, 0.1) is 37.4 Å². The number of aliphatic hydroxyl groups is 1. The molecule has 0 radical (unpaired) electrons. The van der Waals surface area contributed by atoms with Gasteiger partial charge >= 0.3 is 0 Å². The van der Waals surface area contributed by atoms with Crippen LogP contribution < -0.4 is 0 Å². The number of hydrogen-bond donors (Lipinski definition) is 1. The first-order valence-corrected chi connectivity index (χ1v) is 11.1. The van der Waals surface area contributed by atoms with Crippen LogP contribution in [0, 0.1) is 51.8 Å². The van der Waals surface area contributed by atoms with E-state index < -0.39 is 6.10 Å². The van der Waals surface area contributed by atoms with Crippen molar-refractivity contribution < 1.29 is 19.4 Å². The van der Waals surface area contributed by atoms with Crippen molar-refractivity contribution in [2.24, 2.45) is 40.4 Å². The molecule has 9 atom stereocenters. The number of nitrogens with zero attached hydrogens (tertiary/aromatic N) is 1. The van der Waals surface area contributed by atoms with E-state index >= 15 is 0 Å². The summed E-state index contributed by atoms with van der Waals surface area (Å²) < 4.78 is 11.1. The highest BCUT2D eigenvalue weighted by Crippen LogP contribution is 2.66. The molecule has 0 aromatic carbocycles. The van der Waals surface area contributed by atoms with Crippen LogP contribution in [0.1, 0.15) is 58.8 Å². The summed E-state index contributed by atoms with van der Waals surface area (Å²) in [6.07, 6.45) is 5.53. The van der Waals surface area contributed by atoms with Crippen molar-refractivity contribution in [3.8, 4) is 6.07 Å². The number of ether oxygens (including phenoxy) is 2. The lowest BCUT2D eigenvalue weighted by molar-refractivity contribution is -0.180. The average Bonchev–Trinajstić information content (AvgIpc) is 2.98. The Balaban J connectivity index is 1.60. The zero-order valence-corrected chi connectivity index (χ0v) is 17.5. The summed E-state index contributed by atoms with van der Waals surface area (Å²) in [5.74, 6) is 1.70. The first-order chi connectivity index (χ1) is 13.3. The third kappa shape index (κ3) is 2.95. The molecule has 0 aromatic heterocycles. The van der Waals surface area contributed by atoms with Crippen LogP contribution in [0.5, 0.6) is 0 Å². The van der Waals surface area contributed by atoms with E-state index in [1.807, 2.05) is 0 Å². The van der Waals surface area contributed by atoms with Crippen LogP contribution in [0.15, 0.2) is 0 Å². The van der Waals surface area contributed by atoms with E-state index in [0.717, 1.165) is 38.5 Å². The van der Waals surface area contributed by atoms with E-state index in [4.69, 9.17) is 9.47 Å². The molecule has 5 nitrogen and oxygen atoms in total. The molecule has 4 fully saturated rings. The second-order valence-corrected chi connectivity index (χ2v) is 10.3. The molecular weight excluding hydrogens is 354 g/mol. The largest absolute Gasteiger partial charge is 0.390 e. The van der Waals surface area contributed by atoms with Gasteiger partial charge in [-0.1, -0.05) is 13.8 Å². The van der Waals surface area contributed by atoms with Gasteiger partial charge in [0.2, 0.25) is 0 Å². The van der Waals surface area contributed by atoms with Crippen molar-refractivity contribution in [3.05, 3.63) is 0 Å². The molecular formula is C23H35NO4. The first kappa shape index (κ1) is 20.3. The topological polar surface area (TPSA) is 79.5 Å². The van der Waals surface area contributed by atoms with Crippen LogP contribution in [0.25, 0.3) is 0 Å². The Morgan fingerprint density at radius 1 is 1.18 bits per heavy atom. The number of fused-ring (bicyclic) bond motifs is 5. The third-order valence-corrected chi connectivity index (χ3v) is 9.12. The van der Waals surface area contributed by atoms with Crippen molar-refractivity contribution in [1.82, 2.24) is 0 Å². The fraction of sp³-hybridized carbons (Fsp3) is 0.913. The molecule has 0 heterocycles. The highest BCUT2D eigenvalue weighted by molar-refractivity contribution is 5.84. The predicted molar refractivity (Wildman–Crippen MR) is 104 cm³/mol. The van der Waals surface area contributed by atoms with Gasteiger partial charge in [-0.05, 0) is 67.1 Å². The third-order valence-electron chi connectivity index (χ3n) is 9.12. The van der Waals surface area contributed by atoms with Crippen LogP contribution >= 0.6 is 0 Å². The minimum Gasteiger partial charge on any atom is -0.390 e. The van der Waals surface area contributed by atoms with Gasteiger partial charge in [0, 0.05) is 19.4 Å². The van der Waals surface area contributed by atoms with Crippen LogP contribution in [0.2, 0.25) is 0 Å². The Hall–Kier alpha value is -0.960. The van der Waals surface area contributed by atoms with Crippen molar-refractivity contribution in [2.75, 3.05) is 20.3 Å².